The van der Waals surface area contributed by atoms with Crippen molar-refractivity contribution >= 4 is 17.6 Å². The van der Waals surface area contributed by atoms with E-state index in [0.717, 1.165) is 12.8 Å². The number of phenols is 2. The molecule has 0 amide bonds. The summed E-state index contributed by atoms with van der Waals surface area (Å²) in [6.45, 7) is 7.46. The van der Waals surface area contributed by atoms with Crippen LogP contribution in [0.5, 0.6) is 11.5 Å². The van der Waals surface area contributed by atoms with Gasteiger partial charge in [-0.1, -0.05) is 38.4 Å². The Kier molecular flexibility index (Phi) is 4.56. The molecule has 5 atom stereocenters. The van der Waals surface area contributed by atoms with E-state index in [0.29, 0.717) is 12.0 Å². The van der Waals surface area contributed by atoms with E-state index in [1.165, 1.54) is 6.92 Å². The average Bonchev–Trinajstić information content (AvgIpc) is 2.96. The van der Waals surface area contributed by atoms with Crippen molar-refractivity contribution in [2.45, 2.75) is 58.5 Å². The number of hydrogen-bond donors (Lipinski definition) is 5. The number of allylic oxidation sites excluding steroid dienone is 1. The van der Waals surface area contributed by atoms with Gasteiger partial charge in [-0.2, -0.15) is 0 Å². The fourth-order valence-corrected chi connectivity index (χ4v) is 6.99. The Morgan fingerprint density at radius 2 is 1.80 bits per heavy atom. The third kappa shape index (κ3) is 2.47. The van der Waals surface area contributed by atoms with Gasteiger partial charge in [-0.05, 0) is 54.6 Å². The largest absolute Gasteiger partial charge is 0.507 e. The van der Waals surface area contributed by atoms with Gasteiger partial charge in [0.05, 0.1) is 11.6 Å². The molecule has 0 bridgehead atoms. The minimum absolute atomic E-state index is 0.0574. The molecule has 3 aliphatic rings. The van der Waals surface area contributed by atoms with Gasteiger partial charge in [-0.3, -0.25) is 0 Å². The van der Waals surface area contributed by atoms with Crippen LogP contribution < -0.4 is 0 Å². The van der Waals surface area contributed by atoms with Crippen molar-refractivity contribution in [3.05, 3.63) is 33.4 Å². The first-order valence-corrected chi connectivity index (χ1v) is 10.7. The number of rotatable bonds is 3. The number of hydrogen-bond acceptors (Lipinski definition) is 5. The van der Waals surface area contributed by atoms with E-state index in [2.05, 4.69) is 13.8 Å². The fraction of sp³-hybridized carbons (Fsp3) is 0.609. The SMILES string of the molecule is Cc1c(Cl)c(O)c([C@H]2C[C@]3(C)C4CC(C)(C)CC4C=C(CO)[C@]23O)c(O)c1C(=O)O. The lowest BCUT2D eigenvalue weighted by Crippen LogP contribution is -2.68. The topological polar surface area (TPSA) is 118 Å². The lowest BCUT2D eigenvalue weighted by atomic mass is 9.40. The molecule has 1 aromatic rings. The average molecular weight is 437 g/mol. The second-order valence-electron chi connectivity index (χ2n) is 10.4. The molecule has 0 aromatic heterocycles. The van der Waals surface area contributed by atoms with Crippen LogP contribution in [0.15, 0.2) is 11.6 Å². The molecule has 0 heterocycles. The highest BCUT2D eigenvalue weighted by Crippen LogP contribution is 2.73. The van der Waals surface area contributed by atoms with Crippen molar-refractivity contribution in [3.63, 3.8) is 0 Å². The van der Waals surface area contributed by atoms with E-state index in [9.17, 15) is 30.3 Å². The minimum Gasteiger partial charge on any atom is -0.507 e. The van der Waals surface area contributed by atoms with Gasteiger partial charge in [0.15, 0.2) is 0 Å². The Balaban J connectivity index is 1.90. The maximum atomic E-state index is 12.0. The smallest absolute Gasteiger partial charge is 0.339 e. The van der Waals surface area contributed by atoms with Crippen molar-refractivity contribution in [2.75, 3.05) is 6.61 Å². The first-order valence-electron chi connectivity index (χ1n) is 10.3. The first kappa shape index (κ1) is 21.5. The summed E-state index contributed by atoms with van der Waals surface area (Å²) in [5.41, 5.74) is -1.87. The van der Waals surface area contributed by atoms with Crippen LogP contribution in [-0.2, 0) is 0 Å². The number of benzene rings is 1. The number of carboxylic acids is 1. The maximum Gasteiger partial charge on any atom is 0.339 e. The predicted molar refractivity (Wildman–Crippen MR) is 112 cm³/mol. The molecule has 3 aliphatic carbocycles. The van der Waals surface area contributed by atoms with Gasteiger partial charge in [-0.25, -0.2) is 4.79 Å². The number of fused-ring (bicyclic) bond motifs is 3. The Morgan fingerprint density at radius 3 is 2.37 bits per heavy atom. The molecular formula is C23H29ClO6. The number of aliphatic hydroxyl groups excluding tert-OH is 1. The number of phenolic OH excluding ortho intramolecular Hbond substituents is 1. The van der Waals surface area contributed by atoms with E-state index < -0.39 is 34.4 Å². The molecule has 2 saturated carbocycles. The van der Waals surface area contributed by atoms with Crippen LogP contribution in [0.3, 0.4) is 0 Å². The van der Waals surface area contributed by atoms with Crippen LogP contribution >= 0.6 is 11.6 Å². The number of aliphatic hydroxyl groups is 2. The first-order chi connectivity index (χ1) is 13.8. The third-order valence-electron chi connectivity index (χ3n) is 8.20. The quantitative estimate of drug-likeness (QED) is 0.457. The fourth-order valence-electron chi connectivity index (χ4n) is 6.79. The zero-order valence-corrected chi connectivity index (χ0v) is 18.4. The summed E-state index contributed by atoms with van der Waals surface area (Å²) in [5, 5.41) is 53.1. The number of carboxylic acid groups (broad SMARTS) is 1. The zero-order valence-electron chi connectivity index (χ0n) is 17.7. The Hall–Kier alpha value is -1.76. The molecule has 30 heavy (non-hydrogen) atoms. The molecule has 0 radical (unpaired) electrons. The summed E-state index contributed by atoms with van der Waals surface area (Å²) in [6.07, 6.45) is 4.28. The lowest BCUT2D eigenvalue weighted by Gasteiger charge is -2.66. The van der Waals surface area contributed by atoms with E-state index in [-0.39, 0.29) is 45.6 Å². The highest BCUT2D eigenvalue weighted by molar-refractivity contribution is 6.33. The Morgan fingerprint density at radius 1 is 1.17 bits per heavy atom. The van der Waals surface area contributed by atoms with Crippen molar-refractivity contribution in [1.82, 2.24) is 0 Å². The van der Waals surface area contributed by atoms with Gasteiger partial charge in [0.2, 0.25) is 0 Å². The van der Waals surface area contributed by atoms with Gasteiger partial charge >= 0.3 is 5.97 Å². The lowest BCUT2D eigenvalue weighted by molar-refractivity contribution is -0.196. The van der Waals surface area contributed by atoms with Crippen LogP contribution in [-0.4, -0.2) is 43.7 Å². The maximum absolute atomic E-state index is 12.0. The van der Waals surface area contributed by atoms with E-state index in [1.54, 1.807) is 0 Å². The van der Waals surface area contributed by atoms with Gasteiger partial charge in [0, 0.05) is 16.9 Å². The number of aromatic hydroxyl groups is 2. The van der Waals surface area contributed by atoms with E-state index >= 15 is 0 Å². The molecule has 2 fully saturated rings. The minimum atomic E-state index is -1.51. The summed E-state index contributed by atoms with van der Waals surface area (Å²) in [7, 11) is 0. The Labute approximate surface area is 180 Å². The summed E-state index contributed by atoms with van der Waals surface area (Å²) in [5.74, 6) is -2.69. The highest BCUT2D eigenvalue weighted by atomic mass is 35.5. The van der Waals surface area contributed by atoms with Crippen molar-refractivity contribution in [3.8, 4) is 11.5 Å². The molecule has 0 spiro atoms. The molecule has 1 aromatic carbocycles. The third-order valence-corrected chi connectivity index (χ3v) is 8.66. The van der Waals surface area contributed by atoms with Crippen LogP contribution in [0.1, 0.15) is 67.4 Å². The van der Waals surface area contributed by atoms with Crippen molar-refractivity contribution in [1.29, 1.82) is 0 Å². The molecule has 7 heteroatoms. The van der Waals surface area contributed by atoms with Gasteiger partial charge in [-0.15, -0.1) is 0 Å². The van der Waals surface area contributed by atoms with E-state index in [1.807, 2.05) is 13.0 Å². The monoisotopic (exact) mass is 436 g/mol. The van der Waals surface area contributed by atoms with E-state index in [4.69, 9.17) is 11.6 Å². The molecule has 164 valence electrons. The van der Waals surface area contributed by atoms with Crippen molar-refractivity contribution < 1.29 is 30.3 Å². The van der Waals surface area contributed by atoms with Gasteiger partial charge in [0.1, 0.15) is 22.7 Å². The van der Waals surface area contributed by atoms with Gasteiger partial charge in [0.25, 0.3) is 0 Å². The van der Waals surface area contributed by atoms with Crippen LogP contribution in [0.2, 0.25) is 5.02 Å². The molecule has 4 rings (SSSR count). The van der Waals surface area contributed by atoms with Crippen LogP contribution in [0.4, 0.5) is 0 Å². The number of aromatic carboxylic acids is 1. The second kappa shape index (κ2) is 6.38. The molecular weight excluding hydrogens is 408 g/mol. The molecule has 6 nitrogen and oxygen atoms in total. The summed E-state index contributed by atoms with van der Waals surface area (Å²) < 4.78 is 0. The molecule has 0 saturated heterocycles. The summed E-state index contributed by atoms with van der Waals surface area (Å²) in [6, 6.07) is 0. The Bertz CT molecular complexity index is 983. The second-order valence-corrected chi connectivity index (χ2v) is 10.7. The molecule has 2 unspecified atom stereocenters. The zero-order chi connectivity index (χ0) is 22.4. The summed E-state index contributed by atoms with van der Waals surface area (Å²) in [4.78, 5) is 11.7. The van der Waals surface area contributed by atoms with Crippen LogP contribution in [0, 0.1) is 29.6 Å². The normalized spacial score (nSPS) is 36.5. The molecule has 5 N–H and O–H groups in total. The highest BCUT2D eigenvalue weighted by Gasteiger charge is 2.71. The standard InChI is InChI=1S/C23H29ClO6/c1-10-15(20(28)29)18(26)16(19(27)17(10)24)14-8-22(4)13-7-21(2,3)6-11(13)5-12(9-25)23(14,22)30/h5,11,13-14,25-27,30H,6-9H2,1-4H3,(H,28,29)/t11?,13?,14-,22-,23+/m1/s1. The predicted octanol–water partition coefficient (Wildman–Crippen LogP) is 3.97. The summed E-state index contributed by atoms with van der Waals surface area (Å²) >= 11 is 6.21. The molecule has 0 aliphatic heterocycles. The van der Waals surface area contributed by atoms with Crippen molar-refractivity contribution in [2.24, 2.45) is 22.7 Å². The number of halogens is 1. The van der Waals surface area contributed by atoms with Crippen LogP contribution in [0.25, 0.3) is 0 Å². The van der Waals surface area contributed by atoms with Gasteiger partial charge < -0.3 is 25.5 Å². The number of carbonyl (C=O) groups is 1.